The van der Waals surface area contributed by atoms with E-state index in [1.165, 1.54) is 4.88 Å². The summed E-state index contributed by atoms with van der Waals surface area (Å²) in [6.07, 6.45) is 1.91. The van der Waals surface area contributed by atoms with Crippen LogP contribution in [0.1, 0.15) is 18.2 Å². The maximum absolute atomic E-state index is 5.86. The zero-order valence-electron chi connectivity index (χ0n) is 10.5. The van der Waals surface area contributed by atoms with Gasteiger partial charge >= 0.3 is 0 Å². The quantitative estimate of drug-likeness (QED) is 0.571. The van der Waals surface area contributed by atoms with Crippen LogP contribution < -0.4 is 10.6 Å². The molecule has 1 rings (SSSR count). The predicted octanol–water partition coefficient (Wildman–Crippen LogP) is 2.83. The molecular formula is C12H19ClN2OS2. The van der Waals surface area contributed by atoms with E-state index in [0.717, 1.165) is 43.5 Å². The summed E-state index contributed by atoms with van der Waals surface area (Å²) in [5.74, 6) is 0. The van der Waals surface area contributed by atoms with E-state index in [2.05, 4.69) is 10.6 Å². The van der Waals surface area contributed by atoms with Crippen LogP contribution in [0.15, 0.2) is 12.1 Å². The molecule has 0 amide bonds. The SMILES string of the molecule is CCOCCCNC(=S)NCCc1ccc(Cl)s1. The van der Waals surface area contributed by atoms with Gasteiger partial charge in [-0.2, -0.15) is 0 Å². The monoisotopic (exact) mass is 306 g/mol. The lowest BCUT2D eigenvalue weighted by molar-refractivity contribution is 0.145. The van der Waals surface area contributed by atoms with Gasteiger partial charge in [0.05, 0.1) is 4.34 Å². The van der Waals surface area contributed by atoms with Gasteiger partial charge in [0.25, 0.3) is 0 Å². The Hall–Kier alpha value is -0.360. The smallest absolute Gasteiger partial charge is 0.166 e. The maximum Gasteiger partial charge on any atom is 0.166 e. The van der Waals surface area contributed by atoms with Crippen LogP contribution in [-0.2, 0) is 11.2 Å². The van der Waals surface area contributed by atoms with E-state index >= 15 is 0 Å². The first-order chi connectivity index (χ1) is 8.72. The van der Waals surface area contributed by atoms with Gasteiger partial charge in [-0.25, -0.2) is 0 Å². The van der Waals surface area contributed by atoms with Gasteiger partial charge in [-0.15, -0.1) is 11.3 Å². The lowest BCUT2D eigenvalue weighted by Crippen LogP contribution is -2.37. The third-order valence-corrected chi connectivity index (χ3v) is 3.82. The van der Waals surface area contributed by atoms with E-state index in [9.17, 15) is 0 Å². The highest BCUT2D eigenvalue weighted by atomic mass is 35.5. The average Bonchev–Trinajstić information content (AvgIpc) is 2.75. The molecule has 0 unspecified atom stereocenters. The van der Waals surface area contributed by atoms with E-state index in [0.29, 0.717) is 5.11 Å². The topological polar surface area (TPSA) is 33.3 Å². The summed E-state index contributed by atoms with van der Waals surface area (Å²) in [7, 11) is 0. The average molecular weight is 307 g/mol. The fraction of sp³-hybridized carbons (Fsp3) is 0.583. The molecule has 1 heterocycles. The van der Waals surface area contributed by atoms with Gasteiger partial charge < -0.3 is 15.4 Å². The van der Waals surface area contributed by atoms with Crippen molar-refractivity contribution in [1.82, 2.24) is 10.6 Å². The molecule has 0 aliphatic rings. The van der Waals surface area contributed by atoms with Gasteiger partial charge in [-0.05, 0) is 44.1 Å². The van der Waals surface area contributed by atoms with Crippen LogP contribution in [0.3, 0.4) is 0 Å². The first kappa shape index (κ1) is 15.7. The second kappa shape index (κ2) is 9.55. The molecule has 0 atom stereocenters. The number of nitrogens with one attached hydrogen (secondary N) is 2. The standard InChI is InChI=1S/C12H19ClN2OS2/c1-2-16-9-3-7-14-12(17)15-8-6-10-4-5-11(13)18-10/h4-5H,2-3,6-9H2,1H3,(H2,14,15,17). The third-order valence-electron chi connectivity index (χ3n) is 2.24. The van der Waals surface area contributed by atoms with Crippen LogP contribution >= 0.6 is 35.2 Å². The highest BCUT2D eigenvalue weighted by molar-refractivity contribution is 7.80. The lowest BCUT2D eigenvalue weighted by atomic mass is 10.3. The fourth-order valence-corrected chi connectivity index (χ4v) is 2.66. The second-order valence-corrected chi connectivity index (χ2v) is 5.90. The van der Waals surface area contributed by atoms with Crippen molar-refractivity contribution in [3.05, 3.63) is 21.3 Å². The number of thiophene rings is 1. The minimum atomic E-state index is 0.703. The molecule has 0 bridgehead atoms. The number of halogens is 1. The van der Waals surface area contributed by atoms with Crippen molar-refractivity contribution < 1.29 is 4.74 Å². The number of hydrogen-bond donors (Lipinski definition) is 2. The van der Waals surface area contributed by atoms with E-state index in [4.69, 9.17) is 28.6 Å². The predicted molar refractivity (Wildman–Crippen MR) is 82.7 cm³/mol. The van der Waals surface area contributed by atoms with Crippen LogP contribution in [0.25, 0.3) is 0 Å². The molecule has 0 saturated carbocycles. The number of hydrogen-bond acceptors (Lipinski definition) is 3. The van der Waals surface area contributed by atoms with Gasteiger partial charge in [0, 0.05) is 31.2 Å². The molecule has 0 fully saturated rings. The molecule has 102 valence electrons. The van der Waals surface area contributed by atoms with E-state index in [1.807, 2.05) is 19.1 Å². The Morgan fingerprint density at radius 1 is 1.39 bits per heavy atom. The maximum atomic E-state index is 5.86. The van der Waals surface area contributed by atoms with Crippen molar-refractivity contribution in [2.45, 2.75) is 19.8 Å². The highest BCUT2D eigenvalue weighted by Crippen LogP contribution is 2.21. The van der Waals surface area contributed by atoms with E-state index < -0.39 is 0 Å². The summed E-state index contributed by atoms with van der Waals surface area (Å²) in [4.78, 5) is 1.27. The Morgan fingerprint density at radius 3 is 2.83 bits per heavy atom. The first-order valence-electron chi connectivity index (χ1n) is 6.06. The third kappa shape index (κ3) is 7.16. The van der Waals surface area contributed by atoms with Crippen LogP contribution in [0.4, 0.5) is 0 Å². The zero-order chi connectivity index (χ0) is 13.2. The van der Waals surface area contributed by atoms with Crippen molar-refractivity contribution in [3.8, 4) is 0 Å². The molecular weight excluding hydrogens is 288 g/mol. The minimum Gasteiger partial charge on any atom is -0.382 e. The summed E-state index contributed by atoms with van der Waals surface area (Å²) >= 11 is 12.6. The van der Waals surface area contributed by atoms with Crippen LogP contribution in [-0.4, -0.2) is 31.4 Å². The number of rotatable bonds is 8. The summed E-state index contributed by atoms with van der Waals surface area (Å²) in [5.41, 5.74) is 0. The second-order valence-electron chi connectivity index (χ2n) is 3.69. The van der Waals surface area contributed by atoms with Gasteiger partial charge in [0.1, 0.15) is 0 Å². The summed E-state index contributed by atoms with van der Waals surface area (Å²) in [5, 5.41) is 7.03. The molecule has 1 aromatic rings. The van der Waals surface area contributed by atoms with Crippen LogP contribution in [0, 0.1) is 0 Å². The van der Waals surface area contributed by atoms with E-state index in [-0.39, 0.29) is 0 Å². The van der Waals surface area contributed by atoms with Gasteiger partial charge in [0.2, 0.25) is 0 Å². The molecule has 6 heteroatoms. The number of thiocarbonyl (C=S) groups is 1. The molecule has 0 aliphatic heterocycles. The van der Waals surface area contributed by atoms with Crippen molar-refractivity contribution in [3.63, 3.8) is 0 Å². The Bertz CT molecular complexity index is 358. The molecule has 2 N–H and O–H groups in total. The van der Waals surface area contributed by atoms with Gasteiger partial charge in [-0.3, -0.25) is 0 Å². The van der Waals surface area contributed by atoms with Crippen molar-refractivity contribution >= 4 is 40.3 Å². The van der Waals surface area contributed by atoms with Crippen molar-refractivity contribution in [2.24, 2.45) is 0 Å². The Balaban J connectivity index is 2.00. The largest absolute Gasteiger partial charge is 0.382 e. The summed E-state index contributed by atoms with van der Waals surface area (Å²) in [6.45, 7) is 5.22. The van der Waals surface area contributed by atoms with Gasteiger partial charge in [0.15, 0.2) is 5.11 Å². The molecule has 0 spiro atoms. The molecule has 0 aliphatic carbocycles. The summed E-state index contributed by atoms with van der Waals surface area (Å²) in [6, 6.07) is 3.97. The normalized spacial score (nSPS) is 10.3. The summed E-state index contributed by atoms with van der Waals surface area (Å²) < 4.78 is 6.08. The lowest BCUT2D eigenvalue weighted by Gasteiger charge is -2.09. The molecule has 18 heavy (non-hydrogen) atoms. The van der Waals surface area contributed by atoms with E-state index in [1.54, 1.807) is 11.3 Å². The highest BCUT2D eigenvalue weighted by Gasteiger charge is 1.99. The van der Waals surface area contributed by atoms with Crippen molar-refractivity contribution in [1.29, 1.82) is 0 Å². The van der Waals surface area contributed by atoms with Crippen LogP contribution in [0.2, 0.25) is 4.34 Å². The molecule has 0 aromatic carbocycles. The molecule has 3 nitrogen and oxygen atoms in total. The first-order valence-corrected chi connectivity index (χ1v) is 7.66. The van der Waals surface area contributed by atoms with Crippen molar-refractivity contribution in [2.75, 3.05) is 26.3 Å². The molecule has 0 saturated heterocycles. The van der Waals surface area contributed by atoms with Crippen LogP contribution in [0.5, 0.6) is 0 Å². The molecule has 1 aromatic heterocycles. The zero-order valence-corrected chi connectivity index (χ0v) is 12.9. The molecule has 0 radical (unpaired) electrons. The minimum absolute atomic E-state index is 0.703. The Morgan fingerprint density at radius 2 is 2.17 bits per heavy atom. The van der Waals surface area contributed by atoms with Gasteiger partial charge in [-0.1, -0.05) is 11.6 Å². The number of ether oxygens (including phenoxy) is 1. The fourth-order valence-electron chi connectivity index (χ4n) is 1.37. The Kier molecular flexibility index (Phi) is 8.33. The Labute approximate surface area is 123 Å².